The van der Waals surface area contributed by atoms with Gasteiger partial charge in [0.05, 0.1) is 16.8 Å². The minimum absolute atomic E-state index is 0.0390. The first-order valence-corrected chi connectivity index (χ1v) is 7.79. The van der Waals surface area contributed by atoms with Crippen molar-refractivity contribution in [1.29, 1.82) is 0 Å². The molecule has 98 valence electrons. The summed E-state index contributed by atoms with van der Waals surface area (Å²) < 4.78 is 0.806. The van der Waals surface area contributed by atoms with Crippen LogP contribution < -0.4 is 5.32 Å². The molecule has 0 saturated carbocycles. The van der Waals surface area contributed by atoms with E-state index in [1.165, 1.54) is 16.9 Å². The van der Waals surface area contributed by atoms with E-state index in [0.717, 1.165) is 33.6 Å². The van der Waals surface area contributed by atoms with Gasteiger partial charge in [-0.05, 0) is 65.4 Å². The number of hydrogen-bond acceptors (Lipinski definition) is 3. The Morgan fingerprint density at radius 3 is 3.00 bits per heavy atom. The van der Waals surface area contributed by atoms with Gasteiger partial charge in [-0.2, -0.15) is 0 Å². The lowest BCUT2D eigenvalue weighted by atomic mass is 10.2. The monoisotopic (exact) mass is 336 g/mol. The van der Waals surface area contributed by atoms with E-state index in [1.807, 2.05) is 19.1 Å². The third kappa shape index (κ3) is 2.58. The van der Waals surface area contributed by atoms with Crippen LogP contribution in [0.3, 0.4) is 0 Å². The van der Waals surface area contributed by atoms with Crippen molar-refractivity contribution >= 4 is 38.9 Å². The Kier molecular flexibility index (Phi) is 3.41. The number of carbonyl (C=O) groups is 1. The summed E-state index contributed by atoms with van der Waals surface area (Å²) in [5.41, 5.74) is 3.09. The SMILES string of the molecule is Cc1cc(NC(=O)c2cc3c(s2)CCC3)cnc1Br. The molecule has 0 fully saturated rings. The van der Waals surface area contributed by atoms with Crippen molar-refractivity contribution in [2.75, 3.05) is 5.32 Å². The number of aromatic nitrogens is 1. The number of carbonyl (C=O) groups excluding carboxylic acids is 1. The van der Waals surface area contributed by atoms with Crippen LogP contribution in [-0.4, -0.2) is 10.9 Å². The number of fused-ring (bicyclic) bond motifs is 1. The zero-order valence-corrected chi connectivity index (χ0v) is 12.9. The van der Waals surface area contributed by atoms with Crippen molar-refractivity contribution in [2.24, 2.45) is 0 Å². The summed E-state index contributed by atoms with van der Waals surface area (Å²) in [5, 5.41) is 2.90. The van der Waals surface area contributed by atoms with Crippen LogP contribution in [-0.2, 0) is 12.8 Å². The van der Waals surface area contributed by atoms with E-state index in [4.69, 9.17) is 0 Å². The molecule has 0 unspecified atom stereocenters. The van der Waals surface area contributed by atoms with Gasteiger partial charge in [-0.3, -0.25) is 4.79 Å². The molecule has 19 heavy (non-hydrogen) atoms. The summed E-state index contributed by atoms with van der Waals surface area (Å²) in [6.45, 7) is 1.95. The lowest BCUT2D eigenvalue weighted by molar-refractivity contribution is 0.103. The van der Waals surface area contributed by atoms with E-state index < -0.39 is 0 Å². The molecular weight excluding hydrogens is 324 g/mol. The highest BCUT2D eigenvalue weighted by Crippen LogP contribution is 2.31. The minimum Gasteiger partial charge on any atom is -0.320 e. The second-order valence-electron chi connectivity index (χ2n) is 4.70. The molecule has 1 N–H and O–H groups in total. The van der Waals surface area contributed by atoms with E-state index in [1.54, 1.807) is 17.5 Å². The number of hydrogen-bond donors (Lipinski definition) is 1. The predicted molar refractivity (Wildman–Crippen MR) is 81.0 cm³/mol. The zero-order valence-electron chi connectivity index (χ0n) is 10.5. The molecule has 0 saturated heterocycles. The van der Waals surface area contributed by atoms with Gasteiger partial charge in [0.25, 0.3) is 5.91 Å². The quantitative estimate of drug-likeness (QED) is 0.843. The Morgan fingerprint density at radius 1 is 1.42 bits per heavy atom. The molecule has 0 atom stereocenters. The summed E-state index contributed by atoms with van der Waals surface area (Å²) in [6.07, 6.45) is 5.11. The highest BCUT2D eigenvalue weighted by molar-refractivity contribution is 9.10. The van der Waals surface area contributed by atoms with Crippen LogP contribution in [0.5, 0.6) is 0 Å². The van der Waals surface area contributed by atoms with Gasteiger partial charge in [-0.1, -0.05) is 0 Å². The maximum atomic E-state index is 12.2. The average Bonchev–Trinajstić information content (AvgIpc) is 2.94. The number of nitrogens with one attached hydrogen (secondary N) is 1. The standard InChI is InChI=1S/C14H13BrN2OS/c1-8-5-10(7-16-13(8)15)17-14(18)12-6-9-3-2-4-11(9)19-12/h5-7H,2-4H2,1H3,(H,17,18). The van der Waals surface area contributed by atoms with E-state index in [-0.39, 0.29) is 5.91 Å². The van der Waals surface area contributed by atoms with Gasteiger partial charge in [0.2, 0.25) is 0 Å². The van der Waals surface area contributed by atoms with Crippen LogP contribution in [0.1, 0.15) is 32.1 Å². The van der Waals surface area contributed by atoms with Crippen molar-refractivity contribution in [3.05, 3.63) is 43.8 Å². The summed E-state index contributed by atoms with van der Waals surface area (Å²) in [7, 11) is 0. The normalized spacial score (nSPS) is 13.4. The molecule has 2 heterocycles. The summed E-state index contributed by atoms with van der Waals surface area (Å²) in [5.74, 6) is -0.0390. The molecule has 0 radical (unpaired) electrons. The second-order valence-corrected chi connectivity index (χ2v) is 6.59. The molecule has 1 aliphatic carbocycles. The lowest BCUT2D eigenvalue weighted by Gasteiger charge is -2.05. The minimum atomic E-state index is -0.0390. The zero-order chi connectivity index (χ0) is 13.4. The summed E-state index contributed by atoms with van der Waals surface area (Å²) in [6, 6.07) is 3.94. The average molecular weight is 337 g/mol. The molecule has 2 aromatic heterocycles. The van der Waals surface area contributed by atoms with Gasteiger partial charge in [-0.15, -0.1) is 11.3 Å². The molecule has 0 spiro atoms. The largest absolute Gasteiger partial charge is 0.320 e. The highest BCUT2D eigenvalue weighted by atomic mass is 79.9. The number of rotatable bonds is 2. The number of anilines is 1. The third-order valence-corrected chi connectivity index (χ3v) is 5.31. The number of halogens is 1. The van der Waals surface area contributed by atoms with Gasteiger partial charge in [0, 0.05) is 4.88 Å². The first-order chi connectivity index (χ1) is 9.13. The molecule has 3 rings (SSSR count). The lowest BCUT2D eigenvalue weighted by Crippen LogP contribution is -2.10. The Morgan fingerprint density at radius 2 is 2.26 bits per heavy atom. The molecule has 5 heteroatoms. The van der Waals surface area contributed by atoms with Gasteiger partial charge < -0.3 is 5.32 Å². The molecule has 0 bridgehead atoms. The van der Waals surface area contributed by atoms with Crippen molar-refractivity contribution < 1.29 is 4.79 Å². The Hall–Kier alpha value is -1.20. The van der Waals surface area contributed by atoms with Crippen LogP contribution in [0.4, 0.5) is 5.69 Å². The molecule has 0 aromatic carbocycles. The number of pyridine rings is 1. The van der Waals surface area contributed by atoms with Crippen molar-refractivity contribution in [3.8, 4) is 0 Å². The van der Waals surface area contributed by atoms with Gasteiger partial charge in [0.1, 0.15) is 4.60 Å². The van der Waals surface area contributed by atoms with Crippen molar-refractivity contribution in [3.63, 3.8) is 0 Å². The Balaban J connectivity index is 1.78. The maximum Gasteiger partial charge on any atom is 0.265 e. The van der Waals surface area contributed by atoms with Gasteiger partial charge >= 0.3 is 0 Å². The van der Waals surface area contributed by atoms with Gasteiger partial charge in [0.15, 0.2) is 0 Å². The van der Waals surface area contributed by atoms with E-state index in [0.29, 0.717) is 0 Å². The summed E-state index contributed by atoms with van der Waals surface area (Å²) >= 11 is 4.96. The van der Waals surface area contributed by atoms with Crippen LogP contribution in [0.15, 0.2) is 22.9 Å². The topological polar surface area (TPSA) is 42.0 Å². The number of aryl methyl sites for hydroxylation is 3. The fourth-order valence-electron chi connectivity index (χ4n) is 2.26. The molecule has 1 amide bonds. The Bertz CT molecular complexity index is 629. The maximum absolute atomic E-state index is 12.2. The number of amides is 1. The molecular formula is C14H13BrN2OS. The first-order valence-electron chi connectivity index (χ1n) is 6.18. The van der Waals surface area contributed by atoms with E-state index in [9.17, 15) is 4.79 Å². The fourth-order valence-corrected chi connectivity index (χ4v) is 3.63. The molecule has 1 aliphatic rings. The molecule has 2 aromatic rings. The smallest absolute Gasteiger partial charge is 0.265 e. The molecule has 3 nitrogen and oxygen atoms in total. The number of thiophene rings is 1. The van der Waals surface area contributed by atoms with Crippen LogP contribution in [0, 0.1) is 6.92 Å². The highest BCUT2D eigenvalue weighted by Gasteiger charge is 2.18. The fraction of sp³-hybridized carbons (Fsp3) is 0.286. The van der Waals surface area contributed by atoms with Crippen molar-refractivity contribution in [2.45, 2.75) is 26.2 Å². The van der Waals surface area contributed by atoms with E-state index in [2.05, 4.69) is 26.2 Å². The van der Waals surface area contributed by atoms with Gasteiger partial charge in [-0.25, -0.2) is 4.98 Å². The van der Waals surface area contributed by atoms with Crippen LogP contribution in [0.25, 0.3) is 0 Å². The number of nitrogens with zero attached hydrogens (tertiary/aromatic N) is 1. The molecule has 0 aliphatic heterocycles. The third-order valence-electron chi connectivity index (χ3n) is 3.24. The predicted octanol–water partition coefficient (Wildman–Crippen LogP) is 3.96. The Labute approximate surface area is 124 Å². The van der Waals surface area contributed by atoms with Crippen LogP contribution >= 0.6 is 27.3 Å². The second kappa shape index (κ2) is 5.06. The summed E-state index contributed by atoms with van der Waals surface area (Å²) in [4.78, 5) is 18.5. The first kappa shape index (κ1) is 12.8. The van der Waals surface area contributed by atoms with Crippen LogP contribution in [0.2, 0.25) is 0 Å². The van der Waals surface area contributed by atoms with Crippen molar-refractivity contribution in [1.82, 2.24) is 4.98 Å². The van der Waals surface area contributed by atoms with E-state index >= 15 is 0 Å².